The molecule has 0 aliphatic heterocycles. The molecule has 1 aliphatic carbocycles. The van der Waals surface area contributed by atoms with Crippen LogP contribution >= 0.6 is 0 Å². The third kappa shape index (κ3) is 3.32. The Labute approximate surface area is 140 Å². The fraction of sp³-hybridized carbons (Fsp3) is 0.267. The molecule has 19 heavy (non-hydrogen) atoms. The molecule has 1 aromatic rings. The molecule has 0 saturated carbocycles. The summed E-state index contributed by atoms with van der Waals surface area (Å²) in [6.07, 6.45) is 5.01. The Hall–Kier alpha value is -0.536. The van der Waals surface area contributed by atoms with Crippen LogP contribution < -0.4 is 0 Å². The number of aliphatic carboxylic acids is 1. The van der Waals surface area contributed by atoms with Crippen LogP contribution in [-0.4, -0.2) is 16.1 Å². The normalized spacial score (nSPS) is 14.7. The van der Waals surface area contributed by atoms with Crippen molar-refractivity contribution in [1.29, 1.82) is 0 Å². The van der Waals surface area contributed by atoms with E-state index in [1.165, 1.54) is 0 Å². The van der Waals surface area contributed by atoms with Crippen molar-refractivity contribution in [1.82, 2.24) is 4.98 Å². The van der Waals surface area contributed by atoms with Crippen LogP contribution in [0.25, 0.3) is 5.57 Å². The predicted octanol–water partition coefficient (Wildman–Crippen LogP) is 3.09. The molecule has 1 aliphatic rings. The number of allylic oxidation sites excluding steroid dienone is 1. The van der Waals surface area contributed by atoms with Crippen molar-refractivity contribution < 1.29 is 42.6 Å². The average Bonchev–Trinajstić information content (AvgIpc) is 2.64. The van der Waals surface area contributed by atoms with Crippen LogP contribution in [0.5, 0.6) is 0 Å². The number of aromatic nitrogens is 1. The van der Waals surface area contributed by atoms with Gasteiger partial charge in [0.1, 0.15) is 0 Å². The quantitative estimate of drug-likeness (QED) is 0.862. The summed E-state index contributed by atoms with van der Waals surface area (Å²) in [5.41, 5.74) is 2.39. The number of hydrogen-bond acceptors (Lipinski definition) is 2. The van der Waals surface area contributed by atoms with Crippen LogP contribution in [0.3, 0.4) is 0 Å². The Kier molecular flexibility index (Phi) is 7.09. The first-order valence-corrected chi connectivity index (χ1v) is 5.61. The van der Waals surface area contributed by atoms with E-state index in [4.69, 9.17) is 5.11 Å². The van der Waals surface area contributed by atoms with Crippen molar-refractivity contribution in [2.24, 2.45) is 0 Å². The summed E-state index contributed by atoms with van der Waals surface area (Å²) in [6.45, 7) is 7.93. The molecular weight excluding hydrogens is 315 g/mol. The van der Waals surface area contributed by atoms with Gasteiger partial charge in [-0.1, -0.05) is 12.1 Å². The molecule has 1 N–H and O–H groups in total. The summed E-state index contributed by atoms with van der Waals surface area (Å²) in [4.78, 5) is 15.2. The molecule has 0 bridgehead atoms. The van der Waals surface area contributed by atoms with Crippen molar-refractivity contribution in [3.8, 4) is 0 Å². The monoisotopic (exact) mass is 333 g/mol. The minimum absolute atomic E-state index is 0. The standard InChI is InChI=1S/C14H15NO2.CH3.Y/c1-3-14(4-2)9-10(8-12(16)17)13-11(14)6-5-7-15-13;;/h5-7,9H,1-4,8H2,(H,16,17);1H3;/q-2;-1;+3. The number of nitrogens with zero attached hydrogens (tertiary/aromatic N) is 1. The summed E-state index contributed by atoms with van der Waals surface area (Å²) in [5.74, 6) is -0.836. The first-order chi connectivity index (χ1) is 8.13. The maximum Gasteiger partial charge on any atom is 3.00 e. The van der Waals surface area contributed by atoms with Gasteiger partial charge in [-0.2, -0.15) is 12.8 Å². The molecule has 0 radical (unpaired) electrons. The van der Waals surface area contributed by atoms with Gasteiger partial charge in [0.25, 0.3) is 0 Å². The average molecular weight is 333 g/mol. The number of rotatable bonds is 4. The Morgan fingerprint density at radius 3 is 2.53 bits per heavy atom. The number of carboxylic acid groups (broad SMARTS) is 1. The smallest absolute Gasteiger partial charge is 0.481 e. The second-order valence-electron chi connectivity index (χ2n) is 4.30. The summed E-state index contributed by atoms with van der Waals surface area (Å²) in [7, 11) is 0. The van der Waals surface area contributed by atoms with Crippen molar-refractivity contribution in [3.63, 3.8) is 0 Å². The second-order valence-corrected chi connectivity index (χ2v) is 4.30. The molecule has 4 heteroatoms. The van der Waals surface area contributed by atoms with Gasteiger partial charge in [-0.3, -0.25) is 9.78 Å². The summed E-state index contributed by atoms with van der Waals surface area (Å²) < 4.78 is 0. The van der Waals surface area contributed by atoms with Gasteiger partial charge >= 0.3 is 38.7 Å². The molecule has 0 unspecified atom stereocenters. The molecule has 3 nitrogen and oxygen atoms in total. The minimum Gasteiger partial charge on any atom is -0.481 e. The molecule has 1 heterocycles. The Bertz CT molecular complexity index is 479. The fourth-order valence-corrected chi connectivity index (χ4v) is 2.38. The van der Waals surface area contributed by atoms with E-state index < -0.39 is 5.97 Å². The summed E-state index contributed by atoms with van der Waals surface area (Å²) >= 11 is 0. The Morgan fingerprint density at radius 1 is 1.37 bits per heavy atom. The van der Waals surface area contributed by atoms with Gasteiger partial charge in [-0.25, -0.2) is 0 Å². The van der Waals surface area contributed by atoms with E-state index >= 15 is 0 Å². The van der Waals surface area contributed by atoms with E-state index in [-0.39, 0.29) is 52.0 Å². The van der Waals surface area contributed by atoms with Crippen LogP contribution in [0, 0.1) is 21.3 Å². The van der Waals surface area contributed by atoms with Crippen LogP contribution in [0.15, 0.2) is 24.4 Å². The number of pyridine rings is 1. The van der Waals surface area contributed by atoms with Gasteiger partial charge in [-0.05, 0) is 22.6 Å². The summed E-state index contributed by atoms with van der Waals surface area (Å²) in [6, 6.07) is 3.86. The molecule has 0 spiro atoms. The molecule has 0 fully saturated rings. The first-order valence-electron chi connectivity index (χ1n) is 5.61. The number of hydrogen-bond donors (Lipinski definition) is 1. The van der Waals surface area contributed by atoms with E-state index in [2.05, 4.69) is 18.8 Å². The molecule has 0 atom stereocenters. The van der Waals surface area contributed by atoms with Crippen molar-refractivity contribution in [2.45, 2.75) is 24.7 Å². The molecule has 1 aromatic heterocycles. The van der Waals surface area contributed by atoms with Gasteiger partial charge in [0.05, 0.1) is 12.1 Å². The molecule has 0 saturated heterocycles. The van der Waals surface area contributed by atoms with Crippen LogP contribution in [0.2, 0.25) is 0 Å². The Balaban J connectivity index is 0.00000162. The van der Waals surface area contributed by atoms with E-state index in [9.17, 15) is 4.79 Å². The molecule has 0 amide bonds. The summed E-state index contributed by atoms with van der Waals surface area (Å²) in [5, 5.41) is 8.92. The van der Waals surface area contributed by atoms with Crippen molar-refractivity contribution in [3.05, 3.63) is 56.9 Å². The third-order valence-electron chi connectivity index (χ3n) is 3.33. The largest absolute Gasteiger partial charge is 3.00 e. The number of carbonyl (C=O) groups is 1. The van der Waals surface area contributed by atoms with Gasteiger partial charge in [0, 0.05) is 6.20 Å². The van der Waals surface area contributed by atoms with Gasteiger partial charge in [0.2, 0.25) is 0 Å². The molecule has 0 aromatic carbocycles. The van der Waals surface area contributed by atoms with Crippen molar-refractivity contribution >= 4 is 11.5 Å². The predicted molar refractivity (Wildman–Crippen MR) is 72.5 cm³/mol. The van der Waals surface area contributed by atoms with Crippen LogP contribution in [-0.2, 0) is 42.9 Å². The van der Waals surface area contributed by atoms with Gasteiger partial charge in [-0.15, -0.1) is 0 Å². The topological polar surface area (TPSA) is 50.2 Å². The number of fused-ring (bicyclic) bond motifs is 1. The third-order valence-corrected chi connectivity index (χ3v) is 3.33. The van der Waals surface area contributed by atoms with E-state index in [1.54, 1.807) is 6.20 Å². The fourth-order valence-electron chi connectivity index (χ4n) is 2.38. The maximum absolute atomic E-state index is 10.9. The molecule has 2 rings (SSSR count). The number of carboxylic acids is 1. The maximum atomic E-state index is 10.9. The van der Waals surface area contributed by atoms with Crippen LogP contribution in [0.4, 0.5) is 0 Å². The molecular formula is C15H18NO2Y. The SMILES string of the molecule is [CH2-]CC1(C[CH2-])C=C(CC(=O)O)c2ncccc21.[CH3-].[Y+3]. The molecule has 98 valence electrons. The van der Waals surface area contributed by atoms with Gasteiger partial charge < -0.3 is 26.4 Å². The van der Waals surface area contributed by atoms with Crippen molar-refractivity contribution in [2.75, 3.05) is 0 Å². The van der Waals surface area contributed by atoms with E-state index in [1.807, 2.05) is 18.2 Å². The first kappa shape index (κ1) is 18.5. The zero-order chi connectivity index (χ0) is 12.5. The van der Waals surface area contributed by atoms with E-state index in [0.717, 1.165) is 16.8 Å². The zero-order valence-electron chi connectivity index (χ0n) is 11.2. The second kappa shape index (κ2) is 7.30. The van der Waals surface area contributed by atoms with E-state index in [0.29, 0.717) is 12.8 Å². The Morgan fingerprint density at radius 2 is 2.00 bits per heavy atom. The minimum atomic E-state index is -0.836. The van der Waals surface area contributed by atoms with Gasteiger partial charge in [0.15, 0.2) is 0 Å². The zero-order valence-corrected chi connectivity index (χ0v) is 14.1. The van der Waals surface area contributed by atoms with Crippen LogP contribution in [0.1, 0.15) is 30.5 Å².